The summed E-state index contributed by atoms with van der Waals surface area (Å²) in [5, 5.41) is 23.6. The maximum atomic E-state index is 13.1. The van der Waals surface area contributed by atoms with Gasteiger partial charge in [0.05, 0.1) is 0 Å². The molecule has 4 aromatic rings. The molecule has 0 radical (unpaired) electrons. The van der Waals surface area contributed by atoms with Gasteiger partial charge in [-0.2, -0.15) is 0 Å². The van der Waals surface area contributed by atoms with Crippen molar-refractivity contribution in [1.29, 1.82) is 0 Å². The molecule has 0 aliphatic carbocycles. The van der Waals surface area contributed by atoms with Crippen molar-refractivity contribution in [3.05, 3.63) is 103 Å². The fourth-order valence-electron chi connectivity index (χ4n) is 4.13. The van der Waals surface area contributed by atoms with E-state index in [9.17, 15) is 19.8 Å². The standard InChI is InChI=1S/C29H23NO8/c31-23-12-11-22(20-8-4-5-9-21(20)23)28(25(14-15-27(32)33)37-19-6-2-1-3-7-19)38-29(34)30-18-10-13-24-26(16-18)36-17-35-24/h1-16,25,28,31H,17H2,(H,30,34)(H,32,33)/b15-14+/t25-,28-/m1/s1. The summed E-state index contributed by atoms with van der Waals surface area (Å²) in [6.45, 7) is 0.0909. The monoisotopic (exact) mass is 513 g/mol. The van der Waals surface area contributed by atoms with Crippen molar-refractivity contribution in [3.63, 3.8) is 0 Å². The first-order valence-electron chi connectivity index (χ1n) is 11.7. The minimum absolute atomic E-state index is 0.0505. The molecule has 9 heteroatoms. The number of ether oxygens (including phenoxy) is 4. The Hall–Kier alpha value is -5.18. The molecule has 1 aliphatic rings. The minimum atomic E-state index is -1.19. The first-order chi connectivity index (χ1) is 18.5. The summed E-state index contributed by atoms with van der Waals surface area (Å²) in [4.78, 5) is 24.6. The molecule has 0 saturated carbocycles. The fourth-order valence-corrected chi connectivity index (χ4v) is 4.13. The van der Waals surface area contributed by atoms with Crippen molar-refractivity contribution >= 4 is 28.5 Å². The smallest absolute Gasteiger partial charge is 0.412 e. The lowest BCUT2D eigenvalue weighted by atomic mass is 9.96. The number of carbonyl (C=O) groups excluding carboxylic acids is 1. The van der Waals surface area contributed by atoms with Gasteiger partial charge in [-0.05, 0) is 41.8 Å². The molecule has 1 heterocycles. The van der Waals surface area contributed by atoms with Gasteiger partial charge in [-0.25, -0.2) is 9.59 Å². The summed E-state index contributed by atoms with van der Waals surface area (Å²) in [5.41, 5.74) is 0.922. The first-order valence-corrected chi connectivity index (χ1v) is 11.7. The van der Waals surface area contributed by atoms with Crippen LogP contribution in [0.15, 0.2) is 97.1 Å². The Balaban J connectivity index is 1.53. The maximum absolute atomic E-state index is 13.1. The lowest BCUT2D eigenvalue weighted by molar-refractivity contribution is -0.131. The van der Waals surface area contributed by atoms with Gasteiger partial charge in [-0.3, -0.25) is 5.32 Å². The van der Waals surface area contributed by atoms with Crippen LogP contribution < -0.4 is 19.5 Å². The van der Waals surface area contributed by atoms with Gasteiger partial charge in [0.15, 0.2) is 23.7 Å². The number of hydrogen-bond donors (Lipinski definition) is 3. The van der Waals surface area contributed by atoms with Crippen LogP contribution in [0.3, 0.4) is 0 Å². The molecule has 38 heavy (non-hydrogen) atoms. The number of hydrogen-bond acceptors (Lipinski definition) is 7. The Morgan fingerprint density at radius 2 is 1.63 bits per heavy atom. The van der Waals surface area contributed by atoms with E-state index in [0.717, 1.165) is 6.08 Å². The summed E-state index contributed by atoms with van der Waals surface area (Å²) in [7, 11) is 0. The van der Waals surface area contributed by atoms with Gasteiger partial charge >= 0.3 is 12.1 Å². The van der Waals surface area contributed by atoms with Crippen molar-refractivity contribution in [2.24, 2.45) is 0 Å². The van der Waals surface area contributed by atoms with E-state index in [1.54, 1.807) is 72.8 Å². The molecule has 4 aromatic carbocycles. The van der Waals surface area contributed by atoms with Gasteiger partial charge in [0, 0.05) is 28.8 Å². The molecule has 3 N–H and O–H groups in total. The van der Waals surface area contributed by atoms with Crippen LogP contribution in [0.5, 0.6) is 23.0 Å². The van der Waals surface area contributed by atoms with Crippen LogP contribution in [0.4, 0.5) is 10.5 Å². The van der Waals surface area contributed by atoms with Crippen LogP contribution in [-0.2, 0) is 9.53 Å². The van der Waals surface area contributed by atoms with Crippen molar-refractivity contribution in [2.45, 2.75) is 12.2 Å². The number of fused-ring (bicyclic) bond motifs is 2. The number of carbonyl (C=O) groups is 2. The minimum Gasteiger partial charge on any atom is -0.507 e. The molecule has 0 aromatic heterocycles. The third kappa shape index (κ3) is 5.46. The fraction of sp³-hybridized carbons (Fsp3) is 0.103. The van der Waals surface area contributed by atoms with Crippen molar-refractivity contribution in [2.75, 3.05) is 12.1 Å². The van der Waals surface area contributed by atoms with Crippen LogP contribution >= 0.6 is 0 Å². The summed E-state index contributed by atoms with van der Waals surface area (Å²) < 4.78 is 22.7. The third-order valence-electron chi connectivity index (χ3n) is 5.84. The molecular weight excluding hydrogens is 490 g/mol. The number of phenols is 1. The van der Waals surface area contributed by atoms with E-state index in [2.05, 4.69) is 5.32 Å². The second kappa shape index (κ2) is 10.8. The molecular formula is C29H23NO8. The largest absolute Gasteiger partial charge is 0.507 e. The van der Waals surface area contributed by atoms with E-state index in [1.807, 2.05) is 6.07 Å². The summed E-state index contributed by atoms with van der Waals surface area (Å²) >= 11 is 0. The topological polar surface area (TPSA) is 124 Å². The molecule has 0 fully saturated rings. The van der Waals surface area contributed by atoms with Gasteiger partial charge < -0.3 is 29.2 Å². The number of carboxylic acid groups (broad SMARTS) is 1. The lowest BCUT2D eigenvalue weighted by Crippen LogP contribution is -2.30. The molecule has 2 atom stereocenters. The molecule has 5 rings (SSSR count). The number of carboxylic acids is 1. The molecule has 9 nitrogen and oxygen atoms in total. The predicted octanol–water partition coefficient (Wildman–Crippen LogP) is 5.65. The zero-order valence-electron chi connectivity index (χ0n) is 19.9. The van der Waals surface area contributed by atoms with Crippen LogP contribution in [0.25, 0.3) is 10.8 Å². The Labute approximate surface area is 217 Å². The van der Waals surface area contributed by atoms with E-state index in [1.165, 1.54) is 12.1 Å². The van der Waals surface area contributed by atoms with Crippen LogP contribution in [0, 0.1) is 0 Å². The zero-order valence-corrected chi connectivity index (χ0v) is 19.9. The average Bonchev–Trinajstić information content (AvgIpc) is 3.39. The van der Waals surface area contributed by atoms with Crippen LogP contribution in [0.1, 0.15) is 11.7 Å². The van der Waals surface area contributed by atoms with Gasteiger partial charge in [-0.15, -0.1) is 0 Å². The number of phenolic OH excluding ortho intramolecular Hbond substituents is 1. The van der Waals surface area contributed by atoms with E-state index in [4.69, 9.17) is 18.9 Å². The zero-order chi connectivity index (χ0) is 26.5. The average molecular weight is 514 g/mol. The van der Waals surface area contributed by atoms with E-state index in [0.29, 0.717) is 39.3 Å². The predicted molar refractivity (Wildman–Crippen MR) is 139 cm³/mol. The van der Waals surface area contributed by atoms with Gasteiger partial charge in [0.25, 0.3) is 0 Å². The molecule has 1 amide bonds. The Kier molecular flexibility index (Phi) is 6.99. The van der Waals surface area contributed by atoms with Crippen LogP contribution in [-0.4, -0.2) is 35.2 Å². The summed E-state index contributed by atoms with van der Waals surface area (Å²) in [5.74, 6) is 0.353. The Morgan fingerprint density at radius 3 is 2.42 bits per heavy atom. The number of aliphatic carboxylic acids is 1. The second-order valence-electron chi connectivity index (χ2n) is 8.33. The molecule has 0 saturated heterocycles. The number of aromatic hydroxyl groups is 1. The number of amides is 1. The highest BCUT2D eigenvalue weighted by atomic mass is 16.7. The molecule has 0 bridgehead atoms. The highest BCUT2D eigenvalue weighted by molar-refractivity contribution is 5.92. The number of para-hydroxylation sites is 1. The quantitative estimate of drug-likeness (QED) is 0.258. The summed E-state index contributed by atoms with van der Waals surface area (Å²) in [6, 6.07) is 23.9. The van der Waals surface area contributed by atoms with E-state index >= 15 is 0 Å². The first kappa shape index (κ1) is 24.5. The Morgan fingerprint density at radius 1 is 0.895 bits per heavy atom. The van der Waals surface area contributed by atoms with Gasteiger partial charge in [0.1, 0.15) is 11.5 Å². The molecule has 192 valence electrons. The highest BCUT2D eigenvalue weighted by Gasteiger charge is 2.30. The van der Waals surface area contributed by atoms with E-state index < -0.39 is 24.3 Å². The Bertz CT molecular complexity index is 1500. The normalized spacial score (nSPS) is 13.7. The van der Waals surface area contributed by atoms with Crippen molar-refractivity contribution in [1.82, 2.24) is 0 Å². The lowest BCUT2D eigenvalue weighted by Gasteiger charge is -2.27. The van der Waals surface area contributed by atoms with Crippen molar-refractivity contribution < 1.29 is 38.7 Å². The number of benzene rings is 4. The van der Waals surface area contributed by atoms with Crippen LogP contribution in [0.2, 0.25) is 0 Å². The maximum Gasteiger partial charge on any atom is 0.412 e. The number of anilines is 1. The molecule has 0 spiro atoms. The van der Waals surface area contributed by atoms with Crippen molar-refractivity contribution in [3.8, 4) is 23.0 Å². The number of nitrogens with one attached hydrogen (secondary N) is 1. The van der Waals surface area contributed by atoms with Gasteiger partial charge in [-0.1, -0.05) is 48.5 Å². The molecule has 1 aliphatic heterocycles. The summed E-state index contributed by atoms with van der Waals surface area (Å²) in [6.07, 6.45) is -0.705. The molecule has 0 unspecified atom stereocenters. The number of rotatable bonds is 8. The van der Waals surface area contributed by atoms with E-state index in [-0.39, 0.29) is 12.5 Å². The SMILES string of the molecule is O=C(O)/C=C/[C@@H](Oc1ccccc1)[C@H](OC(=O)Nc1ccc2c(c1)OCO2)c1ccc(O)c2ccccc12. The second-order valence-corrected chi connectivity index (χ2v) is 8.33. The third-order valence-corrected chi connectivity index (χ3v) is 5.84. The highest BCUT2D eigenvalue weighted by Crippen LogP contribution is 2.37. The van der Waals surface area contributed by atoms with Gasteiger partial charge in [0.2, 0.25) is 6.79 Å².